The first kappa shape index (κ1) is 12.5. The van der Waals surface area contributed by atoms with E-state index in [1.807, 2.05) is 37.4 Å². The first-order valence-corrected chi connectivity index (χ1v) is 7.39. The van der Waals surface area contributed by atoms with Crippen LogP contribution in [0.4, 0.5) is 0 Å². The van der Waals surface area contributed by atoms with Crippen LogP contribution in [0.1, 0.15) is 0 Å². The van der Waals surface area contributed by atoms with Crippen molar-refractivity contribution in [3.05, 3.63) is 41.6 Å². The van der Waals surface area contributed by atoms with Crippen molar-refractivity contribution in [2.24, 2.45) is 7.05 Å². The zero-order valence-electron chi connectivity index (χ0n) is 10.9. The topological polar surface area (TPSA) is 60.9 Å². The van der Waals surface area contributed by atoms with Crippen molar-refractivity contribution in [3.8, 4) is 22.1 Å². The molecule has 4 rings (SSSR count). The van der Waals surface area contributed by atoms with Gasteiger partial charge in [-0.25, -0.2) is 0 Å². The van der Waals surface area contributed by atoms with Crippen LogP contribution in [-0.2, 0) is 7.05 Å². The van der Waals surface area contributed by atoms with Crippen molar-refractivity contribution >= 4 is 27.9 Å². The lowest BCUT2D eigenvalue weighted by molar-refractivity contribution is 0.764. The van der Waals surface area contributed by atoms with Crippen LogP contribution in [0.2, 0.25) is 5.02 Å². The zero-order valence-corrected chi connectivity index (χ0v) is 12.5. The van der Waals surface area contributed by atoms with Gasteiger partial charge in [-0.1, -0.05) is 53.3 Å². The molecule has 0 aliphatic carbocycles. The van der Waals surface area contributed by atoms with Crippen molar-refractivity contribution in [1.82, 2.24) is 29.6 Å². The normalized spacial score (nSPS) is 11.3. The summed E-state index contributed by atoms with van der Waals surface area (Å²) in [6, 6.07) is 9.97. The second-order valence-electron chi connectivity index (χ2n) is 4.46. The fraction of sp³-hybridized carbons (Fsp3) is 0.0769. The fourth-order valence-electron chi connectivity index (χ4n) is 2.12. The predicted molar refractivity (Wildman–Crippen MR) is 81.3 cm³/mol. The summed E-state index contributed by atoms with van der Waals surface area (Å²) >= 11 is 7.66. The summed E-state index contributed by atoms with van der Waals surface area (Å²) in [4.78, 5) is 0.723. The number of aromatic nitrogens is 6. The minimum atomic E-state index is 0.529. The Bertz CT molecular complexity index is 903. The van der Waals surface area contributed by atoms with Gasteiger partial charge in [0.1, 0.15) is 10.7 Å². The Kier molecular flexibility index (Phi) is 2.76. The van der Waals surface area contributed by atoms with E-state index in [2.05, 4.69) is 20.4 Å². The molecular weight excluding hydrogens is 308 g/mol. The van der Waals surface area contributed by atoms with Crippen molar-refractivity contribution in [1.29, 1.82) is 0 Å². The monoisotopic (exact) mass is 316 g/mol. The number of rotatable bonds is 2. The Labute approximate surface area is 128 Å². The Hall–Kier alpha value is -2.25. The predicted octanol–water partition coefficient (Wildman–Crippen LogP) is 2.91. The van der Waals surface area contributed by atoms with Gasteiger partial charge in [-0.05, 0) is 0 Å². The van der Waals surface area contributed by atoms with E-state index in [-0.39, 0.29) is 0 Å². The van der Waals surface area contributed by atoms with E-state index in [1.54, 1.807) is 15.4 Å². The minimum Gasteiger partial charge on any atom is -0.263 e. The first-order valence-electron chi connectivity index (χ1n) is 6.19. The molecule has 0 fully saturated rings. The molecule has 6 nitrogen and oxygen atoms in total. The molecule has 0 saturated carbocycles. The van der Waals surface area contributed by atoms with Crippen molar-refractivity contribution < 1.29 is 0 Å². The molecule has 8 heteroatoms. The summed E-state index contributed by atoms with van der Waals surface area (Å²) in [6.45, 7) is 0. The highest BCUT2D eigenvalue weighted by Crippen LogP contribution is 2.30. The van der Waals surface area contributed by atoms with Crippen molar-refractivity contribution in [2.75, 3.05) is 0 Å². The maximum atomic E-state index is 6.17. The molecule has 0 radical (unpaired) electrons. The largest absolute Gasteiger partial charge is 0.263 e. The van der Waals surface area contributed by atoms with Gasteiger partial charge in [0, 0.05) is 12.6 Å². The maximum absolute atomic E-state index is 6.17. The smallest absolute Gasteiger partial charge is 0.235 e. The van der Waals surface area contributed by atoms with Crippen LogP contribution < -0.4 is 0 Å². The summed E-state index contributed by atoms with van der Waals surface area (Å²) < 4.78 is 3.37. The second-order valence-corrected chi connectivity index (χ2v) is 5.82. The van der Waals surface area contributed by atoms with Crippen LogP contribution in [0.15, 0.2) is 36.5 Å². The van der Waals surface area contributed by atoms with Crippen molar-refractivity contribution in [2.45, 2.75) is 0 Å². The average molecular weight is 317 g/mol. The van der Waals surface area contributed by atoms with Gasteiger partial charge in [0.2, 0.25) is 10.8 Å². The Morgan fingerprint density at radius 3 is 2.67 bits per heavy atom. The van der Waals surface area contributed by atoms with Gasteiger partial charge in [-0.2, -0.15) is 14.7 Å². The van der Waals surface area contributed by atoms with Crippen LogP contribution >= 0.6 is 22.9 Å². The molecule has 0 aliphatic rings. The first-order chi connectivity index (χ1) is 10.2. The average Bonchev–Trinajstić information content (AvgIpc) is 3.16. The Morgan fingerprint density at radius 1 is 1.14 bits per heavy atom. The molecule has 1 aromatic carbocycles. The SMILES string of the molecule is Cn1ncc(Cl)c1-c1nnc2sc(-c3ccccc3)nn12. The number of halogens is 1. The van der Waals surface area contributed by atoms with E-state index < -0.39 is 0 Å². The molecule has 0 atom stereocenters. The highest BCUT2D eigenvalue weighted by atomic mass is 35.5. The molecule has 0 N–H and O–H groups in total. The summed E-state index contributed by atoms with van der Waals surface area (Å²) in [7, 11) is 1.81. The molecule has 104 valence electrons. The van der Waals surface area contributed by atoms with Crippen LogP contribution in [0, 0.1) is 0 Å². The molecule has 4 aromatic rings. The molecule has 0 unspecified atom stereocenters. The molecule has 3 aromatic heterocycles. The Morgan fingerprint density at radius 2 is 1.95 bits per heavy atom. The lowest BCUT2D eigenvalue weighted by atomic mass is 10.2. The van der Waals surface area contributed by atoms with E-state index in [4.69, 9.17) is 11.6 Å². The van der Waals surface area contributed by atoms with E-state index >= 15 is 0 Å². The standard InChI is InChI=1S/C13H9ClN6S/c1-19-10(9(14)7-15-19)11-16-17-13-20(11)18-12(21-13)8-5-3-2-4-6-8/h2-7H,1H3. The molecule has 0 saturated heterocycles. The van der Waals surface area contributed by atoms with E-state index in [9.17, 15) is 0 Å². The van der Waals surface area contributed by atoms with E-state index in [1.165, 1.54) is 11.3 Å². The van der Waals surface area contributed by atoms with Gasteiger partial charge in [-0.15, -0.1) is 10.2 Å². The van der Waals surface area contributed by atoms with Crippen LogP contribution in [0.5, 0.6) is 0 Å². The van der Waals surface area contributed by atoms with Crippen LogP contribution in [0.25, 0.3) is 27.1 Å². The molecule has 0 bridgehead atoms. The third-order valence-electron chi connectivity index (χ3n) is 3.12. The van der Waals surface area contributed by atoms with Gasteiger partial charge in [0.25, 0.3) is 0 Å². The molecule has 3 heterocycles. The lowest BCUT2D eigenvalue weighted by Gasteiger charge is -1.98. The number of benzene rings is 1. The van der Waals surface area contributed by atoms with Crippen molar-refractivity contribution in [3.63, 3.8) is 0 Å². The number of hydrogen-bond donors (Lipinski definition) is 0. The summed E-state index contributed by atoms with van der Waals surface area (Å²) in [5, 5.41) is 18.5. The Balaban J connectivity index is 1.91. The van der Waals surface area contributed by atoms with E-state index in [0.717, 1.165) is 15.5 Å². The fourth-order valence-corrected chi connectivity index (χ4v) is 3.22. The third kappa shape index (κ3) is 1.93. The minimum absolute atomic E-state index is 0.529. The molecule has 0 aliphatic heterocycles. The molecule has 0 amide bonds. The second kappa shape index (κ2) is 4.64. The van der Waals surface area contributed by atoms with Gasteiger partial charge in [0.05, 0.1) is 11.2 Å². The number of aryl methyl sites for hydroxylation is 1. The van der Waals surface area contributed by atoms with Gasteiger partial charge in [0.15, 0.2) is 0 Å². The zero-order chi connectivity index (χ0) is 14.4. The molecular formula is C13H9ClN6S. The number of nitrogens with zero attached hydrogens (tertiary/aromatic N) is 6. The van der Waals surface area contributed by atoms with Crippen LogP contribution in [0.3, 0.4) is 0 Å². The van der Waals surface area contributed by atoms with Crippen LogP contribution in [-0.4, -0.2) is 29.6 Å². The van der Waals surface area contributed by atoms with Gasteiger partial charge >= 0.3 is 0 Å². The third-order valence-corrected chi connectivity index (χ3v) is 4.34. The van der Waals surface area contributed by atoms with E-state index in [0.29, 0.717) is 16.5 Å². The lowest BCUT2D eigenvalue weighted by Crippen LogP contribution is -1.98. The van der Waals surface area contributed by atoms with Gasteiger partial charge in [-0.3, -0.25) is 4.68 Å². The summed E-state index contributed by atoms with van der Waals surface area (Å²) in [5.41, 5.74) is 1.75. The molecule has 21 heavy (non-hydrogen) atoms. The quantitative estimate of drug-likeness (QED) is 0.570. The number of hydrogen-bond acceptors (Lipinski definition) is 5. The molecule has 0 spiro atoms. The maximum Gasteiger partial charge on any atom is 0.235 e. The highest BCUT2D eigenvalue weighted by molar-refractivity contribution is 7.19. The summed E-state index contributed by atoms with van der Waals surface area (Å²) in [5.74, 6) is 0.591. The summed E-state index contributed by atoms with van der Waals surface area (Å²) in [6.07, 6.45) is 1.59. The van der Waals surface area contributed by atoms with Gasteiger partial charge < -0.3 is 0 Å². The number of fused-ring (bicyclic) bond motifs is 1. The highest BCUT2D eigenvalue weighted by Gasteiger charge is 2.19.